The van der Waals surface area contributed by atoms with Crippen molar-refractivity contribution in [3.8, 4) is 5.75 Å². The highest BCUT2D eigenvalue weighted by atomic mass is 16.5. The molecule has 0 radical (unpaired) electrons. The summed E-state index contributed by atoms with van der Waals surface area (Å²) < 4.78 is 5.45. The van der Waals surface area contributed by atoms with Crippen molar-refractivity contribution < 1.29 is 9.53 Å². The molecule has 0 bridgehead atoms. The van der Waals surface area contributed by atoms with Crippen molar-refractivity contribution in [3.05, 3.63) is 29.8 Å². The van der Waals surface area contributed by atoms with Crippen molar-refractivity contribution in [1.29, 1.82) is 0 Å². The third-order valence-corrected chi connectivity index (χ3v) is 4.50. The number of nitrogens with two attached hydrogens (primary N) is 1. The van der Waals surface area contributed by atoms with E-state index in [0.29, 0.717) is 19.6 Å². The quantitative estimate of drug-likeness (QED) is 0.879. The third-order valence-electron chi connectivity index (χ3n) is 4.50. The molecule has 0 aromatic heterocycles. The standard InChI is InChI=1S/C18H28N2O2/c1-3-22-17-6-4-15(5-7-17)16(13-19)12-18(21)20-10-8-14(2)9-11-20/h4-7,14,16H,3,8-13,19H2,1-2H3. The number of hydrogen-bond acceptors (Lipinski definition) is 3. The molecule has 0 saturated carbocycles. The summed E-state index contributed by atoms with van der Waals surface area (Å²) in [5, 5.41) is 0. The van der Waals surface area contributed by atoms with Crippen LogP contribution >= 0.6 is 0 Å². The first-order valence-electron chi connectivity index (χ1n) is 8.34. The lowest BCUT2D eigenvalue weighted by atomic mass is 9.93. The van der Waals surface area contributed by atoms with Crippen LogP contribution in [0.3, 0.4) is 0 Å². The van der Waals surface area contributed by atoms with E-state index in [9.17, 15) is 4.79 Å². The molecular formula is C18H28N2O2. The van der Waals surface area contributed by atoms with Crippen molar-refractivity contribution in [2.45, 2.75) is 39.0 Å². The number of amides is 1. The minimum absolute atomic E-state index is 0.0857. The number of carbonyl (C=O) groups excluding carboxylic acids is 1. The van der Waals surface area contributed by atoms with E-state index in [0.717, 1.165) is 43.2 Å². The maximum absolute atomic E-state index is 12.5. The van der Waals surface area contributed by atoms with E-state index in [1.165, 1.54) is 0 Å². The molecule has 0 aliphatic carbocycles. The summed E-state index contributed by atoms with van der Waals surface area (Å²) in [5.41, 5.74) is 7.01. The van der Waals surface area contributed by atoms with Gasteiger partial charge in [-0.2, -0.15) is 0 Å². The average molecular weight is 304 g/mol. The van der Waals surface area contributed by atoms with Gasteiger partial charge in [0.2, 0.25) is 5.91 Å². The van der Waals surface area contributed by atoms with E-state index >= 15 is 0 Å². The highest BCUT2D eigenvalue weighted by molar-refractivity contribution is 5.77. The fourth-order valence-corrected chi connectivity index (χ4v) is 2.94. The molecule has 2 N–H and O–H groups in total. The van der Waals surface area contributed by atoms with Crippen LogP contribution in [-0.2, 0) is 4.79 Å². The molecule has 1 heterocycles. The zero-order valence-corrected chi connectivity index (χ0v) is 13.8. The molecule has 1 atom stereocenters. The second-order valence-corrected chi connectivity index (χ2v) is 6.20. The Labute approximate surface area is 133 Å². The second-order valence-electron chi connectivity index (χ2n) is 6.20. The topological polar surface area (TPSA) is 55.6 Å². The van der Waals surface area contributed by atoms with E-state index in [1.807, 2.05) is 36.1 Å². The van der Waals surface area contributed by atoms with Gasteiger partial charge in [-0.3, -0.25) is 4.79 Å². The van der Waals surface area contributed by atoms with Gasteiger partial charge in [0.25, 0.3) is 0 Å². The van der Waals surface area contributed by atoms with E-state index in [4.69, 9.17) is 10.5 Å². The number of rotatable bonds is 6. The number of hydrogen-bond donors (Lipinski definition) is 1. The number of nitrogens with zero attached hydrogens (tertiary/aromatic N) is 1. The van der Waals surface area contributed by atoms with E-state index in [1.54, 1.807) is 0 Å². The van der Waals surface area contributed by atoms with E-state index < -0.39 is 0 Å². The first-order valence-corrected chi connectivity index (χ1v) is 8.34. The van der Waals surface area contributed by atoms with Crippen LogP contribution in [0.5, 0.6) is 5.75 Å². The fraction of sp³-hybridized carbons (Fsp3) is 0.611. The van der Waals surface area contributed by atoms with Crippen molar-refractivity contribution >= 4 is 5.91 Å². The molecule has 122 valence electrons. The molecule has 1 unspecified atom stereocenters. The Balaban J connectivity index is 1.94. The number of likely N-dealkylation sites (tertiary alicyclic amines) is 1. The molecule has 1 saturated heterocycles. The summed E-state index contributed by atoms with van der Waals surface area (Å²) in [4.78, 5) is 14.5. The van der Waals surface area contributed by atoms with Gasteiger partial charge in [0.05, 0.1) is 6.61 Å². The zero-order chi connectivity index (χ0) is 15.9. The Kier molecular flexibility index (Phi) is 6.25. The van der Waals surface area contributed by atoms with Crippen LogP contribution in [-0.4, -0.2) is 37.0 Å². The van der Waals surface area contributed by atoms with E-state index in [2.05, 4.69) is 6.92 Å². The Hall–Kier alpha value is -1.55. The summed E-state index contributed by atoms with van der Waals surface area (Å²) in [6, 6.07) is 7.95. The smallest absolute Gasteiger partial charge is 0.223 e. The third kappa shape index (κ3) is 4.47. The highest BCUT2D eigenvalue weighted by Crippen LogP contribution is 2.24. The lowest BCUT2D eigenvalue weighted by molar-refractivity contribution is -0.132. The molecule has 1 aromatic carbocycles. The van der Waals surface area contributed by atoms with Crippen LogP contribution < -0.4 is 10.5 Å². The number of carbonyl (C=O) groups is 1. The minimum atomic E-state index is 0.0857. The molecule has 1 fully saturated rings. The maximum atomic E-state index is 12.5. The largest absolute Gasteiger partial charge is 0.494 e. The molecule has 0 spiro atoms. The number of ether oxygens (including phenoxy) is 1. The second kappa shape index (κ2) is 8.18. The van der Waals surface area contributed by atoms with Crippen LogP contribution in [0.4, 0.5) is 0 Å². The summed E-state index contributed by atoms with van der Waals surface area (Å²) in [6.07, 6.45) is 2.73. The minimum Gasteiger partial charge on any atom is -0.494 e. The van der Waals surface area contributed by atoms with Crippen molar-refractivity contribution in [2.24, 2.45) is 11.7 Å². The lowest BCUT2D eigenvalue weighted by Crippen LogP contribution is -2.39. The van der Waals surface area contributed by atoms with Crippen molar-refractivity contribution in [3.63, 3.8) is 0 Å². The fourth-order valence-electron chi connectivity index (χ4n) is 2.94. The van der Waals surface area contributed by atoms with Crippen LogP contribution in [0.2, 0.25) is 0 Å². The van der Waals surface area contributed by atoms with Gasteiger partial charge in [-0.15, -0.1) is 0 Å². The van der Waals surface area contributed by atoms with Crippen LogP contribution in [0, 0.1) is 5.92 Å². The highest BCUT2D eigenvalue weighted by Gasteiger charge is 2.23. The molecule has 1 aromatic rings. The first-order chi connectivity index (χ1) is 10.6. The van der Waals surface area contributed by atoms with Gasteiger partial charge in [-0.25, -0.2) is 0 Å². The summed E-state index contributed by atoms with van der Waals surface area (Å²) in [5.74, 6) is 1.91. The average Bonchev–Trinajstić information content (AvgIpc) is 2.54. The molecule has 1 amide bonds. The van der Waals surface area contributed by atoms with E-state index in [-0.39, 0.29) is 11.8 Å². The van der Waals surface area contributed by atoms with Crippen molar-refractivity contribution in [2.75, 3.05) is 26.2 Å². The molecule has 22 heavy (non-hydrogen) atoms. The van der Waals surface area contributed by atoms with Gasteiger partial charge in [0.15, 0.2) is 0 Å². The summed E-state index contributed by atoms with van der Waals surface area (Å²) >= 11 is 0. The Morgan fingerprint density at radius 1 is 1.32 bits per heavy atom. The van der Waals surface area contributed by atoms with Gasteiger partial charge in [-0.1, -0.05) is 19.1 Å². The number of piperidine rings is 1. The SMILES string of the molecule is CCOc1ccc(C(CN)CC(=O)N2CCC(C)CC2)cc1. The van der Waals surface area contributed by atoms with Gasteiger partial charge < -0.3 is 15.4 Å². The Morgan fingerprint density at radius 2 is 1.95 bits per heavy atom. The predicted octanol–water partition coefficient (Wildman–Crippen LogP) is 2.78. The molecule has 1 aliphatic rings. The Morgan fingerprint density at radius 3 is 2.50 bits per heavy atom. The van der Waals surface area contributed by atoms with Gasteiger partial charge >= 0.3 is 0 Å². The molecule has 1 aliphatic heterocycles. The molecule has 4 nitrogen and oxygen atoms in total. The Bertz CT molecular complexity index is 464. The normalized spacial score (nSPS) is 17.3. The molecular weight excluding hydrogens is 276 g/mol. The maximum Gasteiger partial charge on any atom is 0.223 e. The summed E-state index contributed by atoms with van der Waals surface area (Å²) in [7, 11) is 0. The summed E-state index contributed by atoms with van der Waals surface area (Å²) in [6.45, 7) is 7.15. The van der Waals surface area contributed by atoms with Crippen molar-refractivity contribution in [1.82, 2.24) is 4.90 Å². The van der Waals surface area contributed by atoms with Gasteiger partial charge in [0.1, 0.15) is 5.75 Å². The monoisotopic (exact) mass is 304 g/mol. The van der Waals surface area contributed by atoms with Crippen LogP contribution in [0.1, 0.15) is 44.6 Å². The number of benzene rings is 1. The van der Waals surface area contributed by atoms with Crippen LogP contribution in [0.25, 0.3) is 0 Å². The van der Waals surface area contributed by atoms with Gasteiger partial charge in [0, 0.05) is 25.4 Å². The van der Waals surface area contributed by atoms with Crippen LogP contribution in [0.15, 0.2) is 24.3 Å². The predicted molar refractivity (Wildman–Crippen MR) is 89.0 cm³/mol. The first kappa shape index (κ1) is 16.8. The molecule has 2 rings (SSSR count). The zero-order valence-electron chi connectivity index (χ0n) is 13.8. The lowest BCUT2D eigenvalue weighted by Gasteiger charge is -2.31. The molecule has 4 heteroatoms. The van der Waals surface area contributed by atoms with Gasteiger partial charge in [-0.05, 0) is 49.9 Å².